The molecule has 0 unspecified atom stereocenters. The van der Waals surface area contributed by atoms with Gasteiger partial charge in [0, 0.05) is 37.1 Å². The van der Waals surface area contributed by atoms with Crippen LogP contribution in [0.2, 0.25) is 0 Å². The summed E-state index contributed by atoms with van der Waals surface area (Å²) in [5.74, 6) is 2.21. The quantitative estimate of drug-likeness (QED) is 0.771. The molecule has 0 aromatic carbocycles. The molecule has 1 rings (SSSR count). The van der Waals surface area contributed by atoms with Gasteiger partial charge in [-0.15, -0.1) is 0 Å². The first kappa shape index (κ1) is 14.3. The van der Waals surface area contributed by atoms with Gasteiger partial charge in [-0.05, 0) is 25.8 Å². The average Bonchev–Trinajstić information content (AvgIpc) is 2.35. The second-order valence-corrected chi connectivity index (χ2v) is 5.15. The minimum Gasteiger partial charge on any atom is -0.370 e. The fraction of sp³-hybridized carbons (Fsp3) is 0.615. The number of anilines is 1. The molecule has 0 atom stereocenters. The highest BCUT2D eigenvalue weighted by Crippen LogP contribution is 2.13. The van der Waals surface area contributed by atoms with Gasteiger partial charge < -0.3 is 10.2 Å². The van der Waals surface area contributed by atoms with Crippen LogP contribution >= 0.6 is 11.8 Å². The Labute approximate surface area is 109 Å². The molecular formula is C13H23N3S. The highest BCUT2D eigenvalue weighted by Gasteiger charge is 2.05. The molecule has 0 aliphatic carbocycles. The Hall–Kier alpha value is -0.740. The van der Waals surface area contributed by atoms with E-state index in [1.807, 2.05) is 24.0 Å². The van der Waals surface area contributed by atoms with Crippen LogP contribution in [-0.4, -0.2) is 42.0 Å². The number of thioether (sulfide) groups is 1. The van der Waals surface area contributed by atoms with E-state index in [1.165, 1.54) is 11.3 Å². The normalized spacial score (nSPS) is 10.8. The highest BCUT2D eigenvalue weighted by atomic mass is 32.2. The van der Waals surface area contributed by atoms with Crippen LogP contribution in [0, 0.1) is 0 Å². The SMILES string of the molecule is CCCNc1ncccc1CN(C)CCSC. The fourth-order valence-corrected chi connectivity index (χ4v) is 2.08. The highest BCUT2D eigenvalue weighted by molar-refractivity contribution is 7.98. The first-order valence-corrected chi connectivity index (χ1v) is 7.52. The smallest absolute Gasteiger partial charge is 0.130 e. The zero-order valence-electron chi connectivity index (χ0n) is 11.1. The van der Waals surface area contributed by atoms with E-state index in [0.717, 1.165) is 31.9 Å². The molecule has 1 aromatic heterocycles. The molecule has 1 N–H and O–H groups in total. The van der Waals surface area contributed by atoms with Crippen molar-refractivity contribution in [1.29, 1.82) is 0 Å². The molecule has 4 heteroatoms. The third-order valence-corrected chi connectivity index (χ3v) is 3.14. The van der Waals surface area contributed by atoms with Crippen LogP contribution in [0.25, 0.3) is 0 Å². The number of hydrogen-bond acceptors (Lipinski definition) is 4. The first-order valence-electron chi connectivity index (χ1n) is 6.13. The minimum atomic E-state index is 0.959. The molecule has 3 nitrogen and oxygen atoms in total. The third kappa shape index (κ3) is 5.41. The van der Waals surface area contributed by atoms with Crippen molar-refractivity contribution in [1.82, 2.24) is 9.88 Å². The lowest BCUT2D eigenvalue weighted by Gasteiger charge is -2.18. The maximum atomic E-state index is 4.41. The van der Waals surface area contributed by atoms with E-state index in [9.17, 15) is 0 Å². The Morgan fingerprint density at radius 3 is 3.00 bits per heavy atom. The third-order valence-electron chi connectivity index (χ3n) is 2.55. The number of rotatable bonds is 8. The Morgan fingerprint density at radius 1 is 1.47 bits per heavy atom. The van der Waals surface area contributed by atoms with Crippen LogP contribution in [0.15, 0.2) is 18.3 Å². The van der Waals surface area contributed by atoms with Crippen LogP contribution in [0.5, 0.6) is 0 Å². The van der Waals surface area contributed by atoms with E-state index in [1.54, 1.807) is 0 Å². The zero-order valence-corrected chi connectivity index (χ0v) is 11.9. The van der Waals surface area contributed by atoms with Crippen molar-refractivity contribution in [2.45, 2.75) is 19.9 Å². The Balaban J connectivity index is 2.56. The standard InChI is InChI=1S/C13H23N3S/c1-4-7-14-13-12(6-5-8-15-13)11-16(2)9-10-17-3/h5-6,8H,4,7,9-11H2,1-3H3,(H,14,15). The summed E-state index contributed by atoms with van der Waals surface area (Å²) in [6, 6.07) is 4.16. The number of aromatic nitrogens is 1. The zero-order chi connectivity index (χ0) is 12.5. The van der Waals surface area contributed by atoms with Gasteiger partial charge in [0.05, 0.1) is 0 Å². The molecular weight excluding hydrogens is 230 g/mol. The summed E-state index contributed by atoms with van der Waals surface area (Å²) in [7, 11) is 2.16. The van der Waals surface area contributed by atoms with Crippen LogP contribution in [0.4, 0.5) is 5.82 Å². The topological polar surface area (TPSA) is 28.2 Å². The van der Waals surface area contributed by atoms with Gasteiger partial charge in [-0.3, -0.25) is 0 Å². The van der Waals surface area contributed by atoms with Gasteiger partial charge in [0.1, 0.15) is 5.82 Å². The van der Waals surface area contributed by atoms with Crippen LogP contribution in [-0.2, 0) is 6.54 Å². The number of nitrogens with zero attached hydrogens (tertiary/aromatic N) is 2. The molecule has 0 aliphatic rings. The summed E-state index contributed by atoms with van der Waals surface area (Å²) < 4.78 is 0. The summed E-state index contributed by atoms with van der Waals surface area (Å²) in [5.41, 5.74) is 1.28. The summed E-state index contributed by atoms with van der Waals surface area (Å²) in [5, 5.41) is 3.38. The predicted octanol–water partition coefficient (Wildman–Crippen LogP) is 2.70. The maximum Gasteiger partial charge on any atom is 0.130 e. The number of nitrogens with one attached hydrogen (secondary N) is 1. The Kier molecular flexibility index (Phi) is 7.05. The fourth-order valence-electron chi connectivity index (χ4n) is 1.59. The van der Waals surface area contributed by atoms with E-state index in [4.69, 9.17) is 0 Å². The second-order valence-electron chi connectivity index (χ2n) is 4.17. The lowest BCUT2D eigenvalue weighted by Crippen LogP contribution is -2.21. The molecule has 0 saturated heterocycles. The van der Waals surface area contributed by atoms with Crippen molar-refractivity contribution in [3.05, 3.63) is 23.9 Å². The van der Waals surface area contributed by atoms with Crippen molar-refractivity contribution in [3.8, 4) is 0 Å². The van der Waals surface area contributed by atoms with Crippen LogP contribution in [0.3, 0.4) is 0 Å². The van der Waals surface area contributed by atoms with E-state index < -0.39 is 0 Å². The minimum absolute atomic E-state index is 0.959. The van der Waals surface area contributed by atoms with Crippen molar-refractivity contribution in [2.75, 3.05) is 37.5 Å². The lowest BCUT2D eigenvalue weighted by atomic mass is 10.2. The van der Waals surface area contributed by atoms with Crippen molar-refractivity contribution >= 4 is 17.6 Å². The van der Waals surface area contributed by atoms with E-state index in [2.05, 4.69) is 41.5 Å². The molecule has 1 heterocycles. The van der Waals surface area contributed by atoms with Crippen LogP contribution in [0.1, 0.15) is 18.9 Å². The van der Waals surface area contributed by atoms with Gasteiger partial charge in [-0.25, -0.2) is 4.98 Å². The Morgan fingerprint density at radius 2 is 2.29 bits per heavy atom. The van der Waals surface area contributed by atoms with E-state index >= 15 is 0 Å². The van der Waals surface area contributed by atoms with Gasteiger partial charge in [-0.1, -0.05) is 13.0 Å². The molecule has 0 saturated carbocycles. The summed E-state index contributed by atoms with van der Waals surface area (Å²) in [6.07, 6.45) is 5.12. The molecule has 96 valence electrons. The molecule has 0 aliphatic heterocycles. The van der Waals surface area contributed by atoms with E-state index in [0.29, 0.717) is 0 Å². The van der Waals surface area contributed by atoms with Crippen molar-refractivity contribution < 1.29 is 0 Å². The molecule has 17 heavy (non-hydrogen) atoms. The number of pyridine rings is 1. The molecule has 0 radical (unpaired) electrons. The molecule has 0 fully saturated rings. The lowest BCUT2D eigenvalue weighted by molar-refractivity contribution is 0.349. The first-order chi connectivity index (χ1) is 8.27. The molecule has 0 spiro atoms. The van der Waals surface area contributed by atoms with E-state index in [-0.39, 0.29) is 0 Å². The van der Waals surface area contributed by atoms with Gasteiger partial charge >= 0.3 is 0 Å². The van der Waals surface area contributed by atoms with Gasteiger partial charge in [0.15, 0.2) is 0 Å². The molecule has 0 bridgehead atoms. The van der Waals surface area contributed by atoms with Gasteiger partial charge in [0.2, 0.25) is 0 Å². The summed E-state index contributed by atoms with van der Waals surface area (Å²) >= 11 is 1.89. The van der Waals surface area contributed by atoms with Crippen LogP contribution < -0.4 is 5.32 Å². The largest absolute Gasteiger partial charge is 0.370 e. The average molecular weight is 253 g/mol. The summed E-state index contributed by atoms with van der Waals surface area (Å²) in [6.45, 7) is 5.22. The molecule has 1 aromatic rings. The number of hydrogen-bond donors (Lipinski definition) is 1. The maximum absolute atomic E-state index is 4.41. The second kappa shape index (κ2) is 8.37. The summed E-state index contributed by atoms with van der Waals surface area (Å²) in [4.78, 5) is 6.74. The monoisotopic (exact) mass is 253 g/mol. The van der Waals surface area contributed by atoms with Crippen molar-refractivity contribution in [2.24, 2.45) is 0 Å². The van der Waals surface area contributed by atoms with Gasteiger partial charge in [-0.2, -0.15) is 11.8 Å². The molecule has 0 amide bonds. The Bertz CT molecular complexity index is 317. The van der Waals surface area contributed by atoms with Crippen molar-refractivity contribution in [3.63, 3.8) is 0 Å². The van der Waals surface area contributed by atoms with Gasteiger partial charge in [0.25, 0.3) is 0 Å². The predicted molar refractivity (Wildman–Crippen MR) is 77.7 cm³/mol.